The molecule has 0 aliphatic heterocycles. The second kappa shape index (κ2) is 8.47. The van der Waals surface area contributed by atoms with E-state index in [-0.39, 0.29) is 18.9 Å². The van der Waals surface area contributed by atoms with E-state index in [1.165, 1.54) is 0 Å². The number of hydrogen-bond donors (Lipinski definition) is 1. The molecule has 0 aliphatic rings. The molecule has 126 valence electrons. The Balaban J connectivity index is 1.75. The van der Waals surface area contributed by atoms with Gasteiger partial charge in [-0.05, 0) is 18.2 Å². The number of nitro benzene ring substituents is 1. The number of para-hydroxylation sites is 1. The van der Waals surface area contributed by atoms with Crippen molar-refractivity contribution in [1.29, 1.82) is 0 Å². The van der Waals surface area contributed by atoms with Crippen molar-refractivity contribution in [1.82, 2.24) is 5.32 Å². The van der Waals surface area contributed by atoms with Crippen molar-refractivity contribution in [3.8, 4) is 11.5 Å². The summed E-state index contributed by atoms with van der Waals surface area (Å²) in [5.41, 5.74) is -0.406. The van der Waals surface area contributed by atoms with Crippen molar-refractivity contribution >= 4 is 11.6 Å². The van der Waals surface area contributed by atoms with Crippen LogP contribution in [-0.4, -0.2) is 30.6 Å². The van der Waals surface area contributed by atoms with Crippen molar-refractivity contribution in [3.05, 3.63) is 64.5 Å². The molecule has 0 aliphatic carbocycles. The minimum absolute atomic E-state index is 0.238. The first kappa shape index (κ1) is 17.2. The number of rotatable bonds is 8. The SMILES string of the molecule is O=C(COc1cc(F)ccc1[N+](=O)[O-])NCCOc1ccccc1. The van der Waals surface area contributed by atoms with E-state index >= 15 is 0 Å². The third kappa shape index (κ3) is 5.24. The summed E-state index contributed by atoms with van der Waals surface area (Å²) < 4.78 is 23.5. The molecule has 1 N–H and O–H groups in total. The Morgan fingerprint density at radius 2 is 1.92 bits per heavy atom. The lowest BCUT2D eigenvalue weighted by molar-refractivity contribution is -0.385. The molecule has 1 amide bonds. The van der Waals surface area contributed by atoms with Crippen molar-refractivity contribution in [2.24, 2.45) is 0 Å². The molecule has 0 saturated heterocycles. The third-order valence-corrected chi connectivity index (χ3v) is 2.91. The van der Waals surface area contributed by atoms with Gasteiger partial charge in [0.2, 0.25) is 5.75 Å². The number of nitro groups is 1. The first-order chi connectivity index (χ1) is 11.6. The molecular formula is C16H15FN2O5. The average Bonchev–Trinajstić information content (AvgIpc) is 2.57. The molecule has 2 rings (SSSR count). The summed E-state index contributed by atoms with van der Waals surface area (Å²) in [6.07, 6.45) is 0. The van der Waals surface area contributed by atoms with Gasteiger partial charge in [-0.15, -0.1) is 0 Å². The Bertz CT molecular complexity index is 709. The Morgan fingerprint density at radius 3 is 2.62 bits per heavy atom. The van der Waals surface area contributed by atoms with Gasteiger partial charge in [0.25, 0.3) is 5.91 Å². The molecule has 0 atom stereocenters. The van der Waals surface area contributed by atoms with Gasteiger partial charge in [0.05, 0.1) is 11.5 Å². The summed E-state index contributed by atoms with van der Waals surface area (Å²) in [5, 5.41) is 13.3. The lowest BCUT2D eigenvalue weighted by Gasteiger charge is -2.09. The molecular weight excluding hydrogens is 319 g/mol. The normalized spacial score (nSPS) is 10.0. The highest BCUT2D eigenvalue weighted by molar-refractivity contribution is 5.77. The molecule has 0 aromatic heterocycles. The quantitative estimate of drug-likeness (QED) is 0.454. The fourth-order valence-electron chi connectivity index (χ4n) is 1.82. The first-order valence-corrected chi connectivity index (χ1v) is 7.07. The maximum Gasteiger partial charge on any atom is 0.311 e. The van der Waals surface area contributed by atoms with Gasteiger partial charge in [0.15, 0.2) is 6.61 Å². The predicted molar refractivity (Wildman–Crippen MR) is 83.5 cm³/mol. The summed E-state index contributed by atoms with van der Waals surface area (Å²) in [4.78, 5) is 21.7. The van der Waals surface area contributed by atoms with Gasteiger partial charge in [-0.1, -0.05) is 18.2 Å². The average molecular weight is 334 g/mol. The topological polar surface area (TPSA) is 90.7 Å². The van der Waals surface area contributed by atoms with Crippen molar-refractivity contribution < 1.29 is 23.6 Å². The molecule has 0 saturated carbocycles. The van der Waals surface area contributed by atoms with Gasteiger partial charge in [-0.3, -0.25) is 14.9 Å². The maximum absolute atomic E-state index is 13.1. The van der Waals surface area contributed by atoms with Crippen LogP contribution in [0.4, 0.5) is 10.1 Å². The van der Waals surface area contributed by atoms with Gasteiger partial charge in [-0.25, -0.2) is 4.39 Å². The first-order valence-electron chi connectivity index (χ1n) is 7.07. The molecule has 0 unspecified atom stereocenters. The standard InChI is InChI=1S/C16H15FN2O5/c17-12-6-7-14(19(21)22)15(10-12)24-11-16(20)18-8-9-23-13-4-2-1-3-5-13/h1-7,10H,8-9,11H2,(H,18,20). The van der Waals surface area contributed by atoms with Crippen LogP contribution in [0.15, 0.2) is 48.5 Å². The number of carbonyl (C=O) groups is 1. The highest BCUT2D eigenvalue weighted by atomic mass is 19.1. The van der Waals surface area contributed by atoms with Crippen LogP contribution >= 0.6 is 0 Å². The lowest BCUT2D eigenvalue weighted by Crippen LogP contribution is -2.32. The van der Waals surface area contributed by atoms with Gasteiger partial charge in [0.1, 0.15) is 18.2 Å². The van der Waals surface area contributed by atoms with Gasteiger partial charge in [0, 0.05) is 12.1 Å². The van der Waals surface area contributed by atoms with Crippen LogP contribution in [-0.2, 0) is 4.79 Å². The molecule has 8 heteroatoms. The predicted octanol–water partition coefficient (Wildman–Crippen LogP) is 2.31. The van der Waals surface area contributed by atoms with Crippen LogP contribution in [0.1, 0.15) is 0 Å². The van der Waals surface area contributed by atoms with Crippen LogP contribution in [0, 0.1) is 15.9 Å². The molecule has 0 spiro atoms. The number of halogens is 1. The van der Waals surface area contributed by atoms with E-state index in [2.05, 4.69) is 5.32 Å². The van der Waals surface area contributed by atoms with E-state index in [4.69, 9.17) is 9.47 Å². The number of hydrogen-bond acceptors (Lipinski definition) is 5. The monoisotopic (exact) mass is 334 g/mol. The van der Waals surface area contributed by atoms with E-state index in [1.807, 2.05) is 18.2 Å². The molecule has 7 nitrogen and oxygen atoms in total. The number of nitrogens with one attached hydrogen (secondary N) is 1. The van der Waals surface area contributed by atoms with Crippen molar-refractivity contribution in [2.45, 2.75) is 0 Å². The summed E-state index contributed by atoms with van der Waals surface area (Å²) in [6, 6.07) is 11.9. The Hall–Kier alpha value is -3.16. The van der Waals surface area contributed by atoms with E-state index < -0.39 is 28.9 Å². The number of nitrogens with zero attached hydrogens (tertiary/aromatic N) is 1. The Labute approximate surface area is 137 Å². The number of amides is 1. The second-order valence-corrected chi connectivity index (χ2v) is 4.67. The van der Waals surface area contributed by atoms with Crippen LogP contribution in [0.25, 0.3) is 0 Å². The number of benzene rings is 2. The minimum atomic E-state index is -0.708. The van der Waals surface area contributed by atoms with E-state index in [1.54, 1.807) is 12.1 Å². The van der Waals surface area contributed by atoms with Crippen LogP contribution in [0.2, 0.25) is 0 Å². The van der Waals surface area contributed by atoms with E-state index in [0.29, 0.717) is 5.75 Å². The zero-order chi connectivity index (χ0) is 17.4. The zero-order valence-electron chi connectivity index (χ0n) is 12.6. The number of carbonyl (C=O) groups excluding carboxylic acids is 1. The molecule has 0 heterocycles. The number of ether oxygens (including phenoxy) is 2. The maximum atomic E-state index is 13.1. The van der Waals surface area contributed by atoms with E-state index in [9.17, 15) is 19.3 Å². The zero-order valence-corrected chi connectivity index (χ0v) is 12.6. The Kier molecular flexibility index (Phi) is 6.07. The van der Waals surface area contributed by atoms with E-state index in [0.717, 1.165) is 18.2 Å². The van der Waals surface area contributed by atoms with Crippen LogP contribution in [0.5, 0.6) is 11.5 Å². The lowest BCUT2D eigenvalue weighted by atomic mass is 10.3. The summed E-state index contributed by atoms with van der Waals surface area (Å²) >= 11 is 0. The molecule has 24 heavy (non-hydrogen) atoms. The largest absolute Gasteiger partial charge is 0.492 e. The second-order valence-electron chi connectivity index (χ2n) is 4.67. The smallest absolute Gasteiger partial charge is 0.311 e. The highest BCUT2D eigenvalue weighted by Gasteiger charge is 2.16. The highest BCUT2D eigenvalue weighted by Crippen LogP contribution is 2.27. The summed E-state index contributed by atoms with van der Waals surface area (Å²) in [6.45, 7) is 0.0355. The van der Waals surface area contributed by atoms with Crippen LogP contribution < -0.4 is 14.8 Å². The molecule has 0 radical (unpaired) electrons. The molecule has 0 bridgehead atoms. The van der Waals surface area contributed by atoms with Gasteiger partial charge >= 0.3 is 5.69 Å². The molecule has 2 aromatic carbocycles. The van der Waals surface area contributed by atoms with Crippen LogP contribution in [0.3, 0.4) is 0 Å². The summed E-state index contributed by atoms with van der Waals surface area (Å²) in [7, 11) is 0. The minimum Gasteiger partial charge on any atom is -0.492 e. The molecule has 0 fully saturated rings. The third-order valence-electron chi connectivity index (χ3n) is 2.91. The fourth-order valence-corrected chi connectivity index (χ4v) is 1.82. The fraction of sp³-hybridized carbons (Fsp3) is 0.188. The van der Waals surface area contributed by atoms with Gasteiger partial charge < -0.3 is 14.8 Å². The molecule has 2 aromatic rings. The Morgan fingerprint density at radius 1 is 1.17 bits per heavy atom. The van der Waals surface area contributed by atoms with Gasteiger partial charge in [-0.2, -0.15) is 0 Å². The van der Waals surface area contributed by atoms with Crippen molar-refractivity contribution in [2.75, 3.05) is 19.8 Å². The summed E-state index contributed by atoms with van der Waals surface area (Å²) in [5.74, 6) is -0.799. The van der Waals surface area contributed by atoms with Crippen molar-refractivity contribution in [3.63, 3.8) is 0 Å².